The van der Waals surface area contributed by atoms with E-state index in [2.05, 4.69) is 34.5 Å². The zero-order chi connectivity index (χ0) is 37.9. The van der Waals surface area contributed by atoms with Crippen molar-refractivity contribution in [1.82, 2.24) is 10.2 Å². The summed E-state index contributed by atoms with van der Waals surface area (Å²) in [4.78, 5) is 29.4. The van der Waals surface area contributed by atoms with Gasteiger partial charge in [-0.15, -0.1) is 0 Å². The van der Waals surface area contributed by atoms with Crippen molar-refractivity contribution in [3.63, 3.8) is 0 Å². The maximum atomic E-state index is 14.2. The molecule has 1 N–H and O–H groups in total. The Morgan fingerprint density at radius 1 is 0.509 bits per heavy atom. The fourth-order valence-electron chi connectivity index (χ4n) is 6.33. The highest BCUT2D eigenvalue weighted by molar-refractivity contribution is 5.82. The Labute approximate surface area is 324 Å². The fourth-order valence-corrected chi connectivity index (χ4v) is 6.33. The molecule has 0 aliphatic carbocycles. The van der Waals surface area contributed by atoms with E-state index in [9.17, 15) is 9.59 Å². The predicted molar refractivity (Wildman–Crippen MR) is 216 cm³/mol. The van der Waals surface area contributed by atoms with Crippen LogP contribution >= 0.6 is 0 Å². The Balaban J connectivity index is 1.16. The SMILES string of the molecule is O=C(CC[C@@H](C(=O)NCCc1cc(OCc2ccccc2)cc(OCc2ccccc2)c1)N(Cc1ccccc1)Cc1ccccc1)OCc1ccccc1. The molecule has 280 valence electrons. The summed E-state index contributed by atoms with van der Waals surface area (Å²) >= 11 is 0. The maximum absolute atomic E-state index is 14.2. The quantitative estimate of drug-likeness (QED) is 0.0790. The van der Waals surface area contributed by atoms with Crippen LogP contribution in [0.25, 0.3) is 0 Å². The number of benzene rings is 6. The smallest absolute Gasteiger partial charge is 0.306 e. The summed E-state index contributed by atoms with van der Waals surface area (Å²) in [6.07, 6.45) is 0.965. The topological polar surface area (TPSA) is 77.1 Å². The van der Waals surface area contributed by atoms with E-state index in [1.165, 1.54) is 0 Å². The van der Waals surface area contributed by atoms with E-state index in [1.54, 1.807) is 0 Å². The van der Waals surface area contributed by atoms with Crippen molar-refractivity contribution in [2.45, 2.75) is 58.2 Å². The molecular formula is C48H48N2O5. The molecule has 55 heavy (non-hydrogen) atoms. The summed E-state index contributed by atoms with van der Waals surface area (Å²) in [7, 11) is 0. The van der Waals surface area contributed by atoms with Crippen molar-refractivity contribution in [2.24, 2.45) is 0 Å². The molecule has 1 atom stereocenters. The van der Waals surface area contributed by atoms with Crippen molar-refractivity contribution in [3.05, 3.63) is 203 Å². The van der Waals surface area contributed by atoms with E-state index in [4.69, 9.17) is 14.2 Å². The average Bonchev–Trinajstić information content (AvgIpc) is 3.23. The molecule has 0 heterocycles. The first-order chi connectivity index (χ1) is 27.1. The van der Waals surface area contributed by atoms with E-state index in [-0.39, 0.29) is 24.9 Å². The summed E-state index contributed by atoms with van der Waals surface area (Å²) in [5.74, 6) is 0.912. The molecule has 6 rings (SSSR count). The van der Waals surface area contributed by atoms with E-state index in [0.717, 1.165) is 33.4 Å². The number of nitrogens with zero attached hydrogens (tertiary/aromatic N) is 1. The van der Waals surface area contributed by atoms with Gasteiger partial charge in [-0.05, 0) is 58.4 Å². The largest absolute Gasteiger partial charge is 0.489 e. The Morgan fingerprint density at radius 2 is 0.927 bits per heavy atom. The molecule has 0 saturated heterocycles. The number of hydrogen-bond donors (Lipinski definition) is 1. The van der Waals surface area contributed by atoms with Gasteiger partial charge in [-0.2, -0.15) is 0 Å². The molecule has 0 aromatic heterocycles. The zero-order valence-electron chi connectivity index (χ0n) is 31.1. The van der Waals surface area contributed by atoms with Gasteiger partial charge < -0.3 is 19.5 Å². The van der Waals surface area contributed by atoms with Crippen molar-refractivity contribution >= 4 is 11.9 Å². The molecule has 0 bridgehead atoms. The normalized spacial score (nSPS) is 11.4. The fraction of sp³-hybridized carbons (Fsp3) is 0.208. The van der Waals surface area contributed by atoms with Gasteiger partial charge >= 0.3 is 5.97 Å². The molecule has 0 fully saturated rings. The lowest BCUT2D eigenvalue weighted by Crippen LogP contribution is -2.47. The lowest BCUT2D eigenvalue weighted by molar-refractivity contribution is -0.145. The van der Waals surface area contributed by atoms with E-state index >= 15 is 0 Å². The second-order valence-corrected chi connectivity index (χ2v) is 13.5. The van der Waals surface area contributed by atoms with Crippen LogP contribution in [0.2, 0.25) is 0 Å². The molecule has 6 aromatic carbocycles. The third kappa shape index (κ3) is 13.0. The Morgan fingerprint density at radius 3 is 1.38 bits per heavy atom. The number of amides is 1. The van der Waals surface area contributed by atoms with Crippen LogP contribution in [0.4, 0.5) is 0 Å². The minimum absolute atomic E-state index is 0.105. The Kier molecular flexibility index (Phi) is 14.6. The van der Waals surface area contributed by atoms with Crippen molar-refractivity contribution in [1.29, 1.82) is 0 Å². The van der Waals surface area contributed by atoms with Crippen LogP contribution in [0.3, 0.4) is 0 Å². The van der Waals surface area contributed by atoms with Crippen LogP contribution in [0.5, 0.6) is 11.5 Å². The molecule has 0 aliphatic heterocycles. The summed E-state index contributed by atoms with van der Waals surface area (Å²) in [6.45, 7) is 2.50. The summed E-state index contributed by atoms with van der Waals surface area (Å²) < 4.78 is 18.1. The van der Waals surface area contributed by atoms with Crippen LogP contribution in [0.15, 0.2) is 170 Å². The van der Waals surface area contributed by atoms with Gasteiger partial charge in [0.15, 0.2) is 0 Å². The highest BCUT2D eigenvalue weighted by Crippen LogP contribution is 2.26. The highest BCUT2D eigenvalue weighted by atomic mass is 16.5. The van der Waals surface area contributed by atoms with Crippen LogP contribution < -0.4 is 14.8 Å². The van der Waals surface area contributed by atoms with Crippen LogP contribution in [-0.4, -0.2) is 29.4 Å². The first-order valence-electron chi connectivity index (χ1n) is 18.8. The maximum Gasteiger partial charge on any atom is 0.306 e. The minimum Gasteiger partial charge on any atom is -0.489 e. The van der Waals surface area contributed by atoms with E-state index in [0.29, 0.717) is 57.2 Å². The van der Waals surface area contributed by atoms with Crippen molar-refractivity contribution in [3.8, 4) is 11.5 Å². The van der Waals surface area contributed by atoms with E-state index in [1.807, 2.05) is 146 Å². The zero-order valence-corrected chi connectivity index (χ0v) is 31.1. The van der Waals surface area contributed by atoms with Gasteiger partial charge in [-0.1, -0.05) is 152 Å². The third-order valence-electron chi connectivity index (χ3n) is 9.21. The Bertz CT molecular complexity index is 1920. The number of ether oxygens (including phenoxy) is 3. The summed E-state index contributed by atoms with van der Waals surface area (Å²) in [5, 5.41) is 3.21. The first kappa shape index (κ1) is 38.5. The predicted octanol–water partition coefficient (Wildman–Crippen LogP) is 9.10. The molecule has 0 aliphatic rings. The monoisotopic (exact) mass is 732 g/mol. The van der Waals surface area contributed by atoms with Crippen molar-refractivity contribution < 1.29 is 23.8 Å². The minimum atomic E-state index is -0.588. The number of rotatable bonds is 20. The van der Waals surface area contributed by atoms with Gasteiger partial charge in [0.2, 0.25) is 5.91 Å². The molecule has 0 spiro atoms. The number of hydrogen-bond acceptors (Lipinski definition) is 6. The third-order valence-corrected chi connectivity index (χ3v) is 9.21. The van der Waals surface area contributed by atoms with Crippen LogP contribution in [0.1, 0.15) is 46.2 Å². The van der Waals surface area contributed by atoms with E-state index < -0.39 is 6.04 Å². The van der Waals surface area contributed by atoms with Gasteiger partial charge in [0.05, 0.1) is 6.04 Å². The number of nitrogens with one attached hydrogen (secondary N) is 1. The second kappa shape index (κ2) is 20.9. The molecule has 1 amide bonds. The number of esters is 1. The lowest BCUT2D eigenvalue weighted by Gasteiger charge is -2.31. The second-order valence-electron chi connectivity index (χ2n) is 13.5. The number of carbonyl (C=O) groups excluding carboxylic acids is 2. The van der Waals surface area contributed by atoms with Gasteiger partial charge in [-0.25, -0.2) is 0 Å². The average molecular weight is 733 g/mol. The molecule has 7 heteroatoms. The summed E-state index contributed by atoms with van der Waals surface area (Å²) in [5.41, 5.74) is 6.19. The van der Waals surface area contributed by atoms with Gasteiger partial charge in [0, 0.05) is 32.1 Å². The first-order valence-corrected chi connectivity index (χ1v) is 18.8. The molecule has 7 nitrogen and oxygen atoms in total. The molecule has 0 saturated carbocycles. The molecule has 0 radical (unpaired) electrons. The van der Waals surface area contributed by atoms with Crippen molar-refractivity contribution in [2.75, 3.05) is 6.54 Å². The van der Waals surface area contributed by atoms with Crippen LogP contribution in [-0.2, 0) is 53.7 Å². The highest BCUT2D eigenvalue weighted by Gasteiger charge is 2.27. The molecule has 6 aromatic rings. The van der Waals surface area contributed by atoms with Gasteiger partial charge in [-0.3, -0.25) is 14.5 Å². The standard InChI is InChI=1S/C48H48N2O5/c51-47(55-37-42-24-14-5-15-25-42)27-26-46(50(33-38-16-6-1-7-17-38)34-39-18-8-2-9-19-39)48(52)49-29-28-43-30-44(53-35-40-20-10-3-11-21-40)32-45(31-43)54-36-41-22-12-4-13-23-41/h1-25,30-32,46H,26-29,33-37H2,(H,49,52)/t46-/m0/s1. The molecular weight excluding hydrogens is 685 g/mol. The lowest BCUT2D eigenvalue weighted by atomic mass is 10.0. The molecule has 0 unspecified atom stereocenters. The van der Waals surface area contributed by atoms with Gasteiger partial charge in [0.25, 0.3) is 0 Å². The Hall–Kier alpha value is -6.18. The van der Waals surface area contributed by atoms with Gasteiger partial charge in [0.1, 0.15) is 31.3 Å². The summed E-state index contributed by atoms with van der Waals surface area (Å²) in [6, 6.07) is 55.2. The van der Waals surface area contributed by atoms with Crippen LogP contribution in [0, 0.1) is 0 Å². The number of carbonyl (C=O) groups is 2.